The molecule has 0 atom stereocenters. The van der Waals surface area contributed by atoms with E-state index in [0.717, 1.165) is 64.7 Å². The Kier molecular flexibility index (Phi) is 5.64. The van der Waals surface area contributed by atoms with Gasteiger partial charge in [-0.05, 0) is 62.4 Å². The predicted octanol–water partition coefficient (Wildman–Crippen LogP) is 6.26. The number of para-hydroxylation sites is 1. The zero-order chi connectivity index (χ0) is 24.6. The molecule has 3 aromatic carbocycles. The minimum atomic E-state index is -0.449. The van der Waals surface area contributed by atoms with Crippen LogP contribution in [0.25, 0.3) is 33.3 Å². The van der Waals surface area contributed by atoms with Gasteiger partial charge in [-0.3, -0.25) is 9.36 Å². The molecule has 2 aromatic heterocycles. The Morgan fingerprint density at radius 3 is 2.67 bits per heavy atom. The number of ether oxygens (including phenoxy) is 1. The summed E-state index contributed by atoms with van der Waals surface area (Å²) in [5, 5.41) is 1.16. The molecule has 6 nitrogen and oxygen atoms in total. The highest BCUT2D eigenvalue weighted by Gasteiger charge is 2.23. The third-order valence-corrected chi connectivity index (χ3v) is 7.02. The molecule has 0 amide bonds. The number of carbonyl (C=O) groups excluding carboxylic acids is 2. The Balaban J connectivity index is 1.16. The van der Waals surface area contributed by atoms with Gasteiger partial charge in [-0.15, -0.1) is 0 Å². The van der Waals surface area contributed by atoms with Crippen molar-refractivity contribution in [3.05, 3.63) is 89.1 Å². The highest BCUT2D eigenvalue weighted by molar-refractivity contribution is 5.97. The summed E-state index contributed by atoms with van der Waals surface area (Å²) in [5.74, 6) is 0.271. The molecule has 0 unspecified atom stereocenters. The molecule has 1 aliphatic carbocycles. The van der Waals surface area contributed by atoms with Gasteiger partial charge in [-0.2, -0.15) is 0 Å². The summed E-state index contributed by atoms with van der Waals surface area (Å²) in [6.07, 6.45) is 4.30. The Hall–Kier alpha value is -4.19. The molecule has 1 N–H and O–H groups in total. The van der Waals surface area contributed by atoms with Gasteiger partial charge in [0.2, 0.25) is 5.91 Å². The molecule has 0 saturated heterocycles. The number of nitrogens with zero attached hydrogens (tertiary/aromatic N) is 2. The zero-order valence-corrected chi connectivity index (χ0v) is 20.2. The number of H-pyrrole nitrogens is 1. The standard InChI is InChI=1S/C30H27N3O3/c1-19-10-12-20(13-11-19)29-31-24-15-14-21(18-25(24)32-29)30(35)36-17-16-28(34)33-26-8-4-2-6-22(26)23-7-3-5-9-27(23)33/h2,4,6,8,10-15,18H,3,5,7,9,16-17H2,1H3,(H,31,32). The lowest BCUT2D eigenvalue weighted by molar-refractivity contribution is 0.0489. The fourth-order valence-corrected chi connectivity index (χ4v) is 5.19. The lowest BCUT2D eigenvalue weighted by Gasteiger charge is -2.15. The van der Waals surface area contributed by atoms with Crippen LogP contribution in [-0.4, -0.2) is 33.0 Å². The molecular weight excluding hydrogens is 450 g/mol. The van der Waals surface area contributed by atoms with E-state index in [2.05, 4.69) is 16.0 Å². The van der Waals surface area contributed by atoms with E-state index in [0.29, 0.717) is 5.56 Å². The molecule has 1 aliphatic rings. The minimum Gasteiger partial charge on any atom is -0.462 e. The van der Waals surface area contributed by atoms with Gasteiger partial charge >= 0.3 is 5.97 Å². The number of benzene rings is 3. The van der Waals surface area contributed by atoms with Crippen LogP contribution < -0.4 is 0 Å². The van der Waals surface area contributed by atoms with E-state index in [-0.39, 0.29) is 18.9 Å². The third kappa shape index (κ3) is 3.98. The van der Waals surface area contributed by atoms with Crippen LogP contribution in [0, 0.1) is 6.92 Å². The number of esters is 1. The molecule has 0 spiro atoms. The molecule has 0 aliphatic heterocycles. The van der Waals surface area contributed by atoms with Gasteiger partial charge in [0.05, 0.1) is 28.5 Å². The van der Waals surface area contributed by atoms with Crippen molar-refractivity contribution in [3.8, 4) is 11.4 Å². The molecule has 6 rings (SSSR count). The topological polar surface area (TPSA) is 77.0 Å². The quantitative estimate of drug-likeness (QED) is 0.303. The Morgan fingerprint density at radius 1 is 1.00 bits per heavy atom. The molecule has 0 bridgehead atoms. The zero-order valence-electron chi connectivity index (χ0n) is 20.2. The van der Waals surface area contributed by atoms with Crippen molar-refractivity contribution in [3.63, 3.8) is 0 Å². The van der Waals surface area contributed by atoms with E-state index < -0.39 is 5.97 Å². The molecule has 5 aromatic rings. The fourth-order valence-electron chi connectivity index (χ4n) is 5.19. The molecule has 2 heterocycles. The maximum absolute atomic E-state index is 13.2. The highest BCUT2D eigenvalue weighted by atomic mass is 16.5. The largest absolute Gasteiger partial charge is 0.462 e. The van der Waals surface area contributed by atoms with Crippen LogP contribution in [0.5, 0.6) is 0 Å². The van der Waals surface area contributed by atoms with Gasteiger partial charge in [0.15, 0.2) is 0 Å². The molecule has 0 radical (unpaired) electrons. The summed E-state index contributed by atoms with van der Waals surface area (Å²) < 4.78 is 7.35. The number of imidazole rings is 1. The van der Waals surface area contributed by atoms with E-state index in [4.69, 9.17) is 4.74 Å². The van der Waals surface area contributed by atoms with Gasteiger partial charge in [0, 0.05) is 16.6 Å². The average Bonchev–Trinajstić information content (AvgIpc) is 3.48. The average molecular weight is 478 g/mol. The number of aryl methyl sites for hydroxylation is 2. The second-order valence-electron chi connectivity index (χ2n) is 9.45. The van der Waals surface area contributed by atoms with E-state index in [9.17, 15) is 9.59 Å². The van der Waals surface area contributed by atoms with Gasteiger partial charge < -0.3 is 9.72 Å². The number of carbonyl (C=O) groups is 2. The van der Waals surface area contributed by atoms with E-state index in [1.807, 2.05) is 60.0 Å². The van der Waals surface area contributed by atoms with Crippen LogP contribution in [0.3, 0.4) is 0 Å². The van der Waals surface area contributed by atoms with Gasteiger partial charge in [-0.1, -0.05) is 48.0 Å². The fraction of sp³-hybridized carbons (Fsp3) is 0.233. The predicted molar refractivity (Wildman–Crippen MR) is 140 cm³/mol. The SMILES string of the molecule is Cc1ccc(-c2nc3ccc(C(=O)OCCC(=O)n4c5c(c6ccccc64)CCCC5)cc3[nH]2)cc1. The Morgan fingerprint density at radius 2 is 1.81 bits per heavy atom. The number of rotatable bonds is 5. The van der Waals surface area contributed by atoms with E-state index in [1.165, 1.54) is 11.1 Å². The van der Waals surface area contributed by atoms with E-state index >= 15 is 0 Å². The van der Waals surface area contributed by atoms with Crippen molar-refractivity contribution in [2.75, 3.05) is 6.61 Å². The lowest BCUT2D eigenvalue weighted by Crippen LogP contribution is -2.18. The molecule has 36 heavy (non-hydrogen) atoms. The highest BCUT2D eigenvalue weighted by Crippen LogP contribution is 2.32. The number of aromatic nitrogens is 3. The van der Waals surface area contributed by atoms with Gasteiger partial charge in [-0.25, -0.2) is 9.78 Å². The van der Waals surface area contributed by atoms with Crippen LogP contribution in [0.4, 0.5) is 0 Å². The summed E-state index contributed by atoms with van der Waals surface area (Å²) in [6, 6.07) is 21.5. The minimum absolute atomic E-state index is 0.0334. The second-order valence-corrected chi connectivity index (χ2v) is 9.45. The van der Waals surface area contributed by atoms with Crippen molar-refractivity contribution in [1.82, 2.24) is 14.5 Å². The van der Waals surface area contributed by atoms with Crippen molar-refractivity contribution in [1.29, 1.82) is 0 Å². The third-order valence-electron chi connectivity index (χ3n) is 7.02. The number of nitrogens with one attached hydrogen (secondary N) is 1. The maximum atomic E-state index is 13.2. The van der Waals surface area contributed by atoms with Crippen molar-refractivity contribution < 1.29 is 14.3 Å². The summed E-state index contributed by atoms with van der Waals surface area (Å²) >= 11 is 0. The van der Waals surface area contributed by atoms with Crippen molar-refractivity contribution in [2.45, 2.75) is 39.0 Å². The first-order chi connectivity index (χ1) is 17.6. The first-order valence-corrected chi connectivity index (χ1v) is 12.5. The molecular formula is C30H27N3O3. The number of hydrogen-bond acceptors (Lipinski definition) is 4. The number of aromatic amines is 1. The number of hydrogen-bond donors (Lipinski definition) is 1. The summed E-state index contributed by atoms with van der Waals surface area (Å²) in [6.45, 7) is 2.08. The molecule has 0 saturated carbocycles. The smallest absolute Gasteiger partial charge is 0.338 e. The van der Waals surface area contributed by atoms with Crippen molar-refractivity contribution >= 4 is 33.8 Å². The van der Waals surface area contributed by atoms with Gasteiger partial charge in [0.25, 0.3) is 0 Å². The van der Waals surface area contributed by atoms with Crippen molar-refractivity contribution in [2.24, 2.45) is 0 Å². The second kappa shape index (κ2) is 9.11. The first-order valence-electron chi connectivity index (χ1n) is 12.5. The van der Waals surface area contributed by atoms with E-state index in [1.54, 1.807) is 12.1 Å². The summed E-state index contributed by atoms with van der Waals surface area (Å²) in [5.41, 5.74) is 7.51. The first kappa shape index (κ1) is 22.3. The van der Waals surface area contributed by atoms with Gasteiger partial charge in [0.1, 0.15) is 12.4 Å². The number of fused-ring (bicyclic) bond motifs is 4. The maximum Gasteiger partial charge on any atom is 0.338 e. The monoisotopic (exact) mass is 477 g/mol. The normalized spacial score (nSPS) is 13.1. The summed E-state index contributed by atoms with van der Waals surface area (Å²) in [4.78, 5) is 33.9. The van der Waals surface area contributed by atoms with Crippen LogP contribution in [0.2, 0.25) is 0 Å². The van der Waals surface area contributed by atoms with Crippen LogP contribution in [-0.2, 0) is 17.6 Å². The lowest BCUT2D eigenvalue weighted by atomic mass is 9.95. The van der Waals surface area contributed by atoms with Crippen LogP contribution >= 0.6 is 0 Å². The van der Waals surface area contributed by atoms with Crippen LogP contribution in [0.1, 0.15) is 51.2 Å². The summed E-state index contributed by atoms with van der Waals surface area (Å²) in [7, 11) is 0. The van der Waals surface area contributed by atoms with Crippen LogP contribution in [0.15, 0.2) is 66.7 Å². The molecule has 6 heteroatoms. The molecule has 0 fully saturated rings. The Bertz CT molecular complexity index is 1610. The molecule has 180 valence electrons. The Labute approximate surface area is 208 Å².